The summed E-state index contributed by atoms with van der Waals surface area (Å²) in [6.07, 6.45) is 0. The summed E-state index contributed by atoms with van der Waals surface area (Å²) in [6.45, 7) is 2.20. The van der Waals surface area contributed by atoms with Gasteiger partial charge >= 0.3 is 36.5 Å². The summed E-state index contributed by atoms with van der Waals surface area (Å²) in [5.41, 5.74) is 0. The normalized spacial score (nSPS) is 4.33. The van der Waals surface area contributed by atoms with Gasteiger partial charge in [-0.2, -0.15) is 0 Å². The summed E-state index contributed by atoms with van der Waals surface area (Å²) in [7, 11) is 0. The molecule has 0 saturated heterocycles. The van der Waals surface area contributed by atoms with Crippen molar-refractivity contribution in [1.82, 2.24) is 0 Å². The molecule has 0 aliphatic rings. The van der Waals surface area contributed by atoms with Gasteiger partial charge in [-0.05, 0) is 0 Å². The van der Waals surface area contributed by atoms with Crippen LogP contribution in [0, 0.1) is 0 Å². The van der Waals surface area contributed by atoms with E-state index >= 15 is 0 Å². The molecule has 0 heterocycles. The molecular weight excluding hydrogens is 214 g/mol. The molecule has 0 aliphatic heterocycles. The van der Waals surface area contributed by atoms with E-state index in [4.69, 9.17) is 0 Å². The molecule has 40 valence electrons. The van der Waals surface area contributed by atoms with E-state index in [0.717, 1.165) is 0 Å². The van der Waals surface area contributed by atoms with E-state index in [0.29, 0.717) is 0 Å². The van der Waals surface area contributed by atoms with E-state index < -0.39 is 20.4 Å². The molecule has 0 aromatic rings. The molecule has 0 amide bonds. The number of rotatable bonds is 0. The summed E-state index contributed by atoms with van der Waals surface area (Å²) in [5.74, 6) is 0. The second-order valence-corrected chi connectivity index (χ2v) is 15.5. The van der Waals surface area contributed by atoms with E-state index in [1.807, 2.05) is 0 Å². The van der Waals surface area contributed by atoms with E-state index in [2.05, 4.69) is 16.1 Å². The monoisotopic (exact) mass is 220 g/mol. The van der Waals surface area contributed by atoms with Crippen molar-refractivity contribution in [3.8, 4) is 0 Å². The minimum atomic E-state index is -0.516. The van der Waals surface area contributed by atoms with Crippen molar-refractivity contribution >= 4 is 6.88 Å². The third-order valence-corrected chi connectivity index (χ3v) is 0. The van der Waals surface area contributed by atoms with Crippen molar-refractivity contribution in [2.75, 3.05) is 0 Å². The minimum Gasteiger partial charge on any atom is -1.00 e. The summed E-state index contributed by atoms with van der Waals surface area (Å²) >= 11 is -0.516. The molecule has 4 heteroatoms. The Kier molecular flexibility index (Phi) is 25.7. The first kappa shape index (κ1) is 15.6. The van der Waals surface area contributed by atoms with Crippen molar-refractivity contribution in [3.05, 3.63) is 0 Å². The first-order chi connectivity index (χ1) is 1.73. The van der Waals surface area contributed by atoms with Gasteiger partial charge in [-0.3, -0.25) is 0 Å². The van der Waals surface area contributed by atoms with E-state index in [-0.39, 0.29) is 24.8 Å². The third-order valence-electron chi connectivity index (χ3n) is 0. The van der Waals surface area contributed by atoms with Gasteiger partial charge in [0.05, 0.1) is 0 Å². The van der Waals surface area contributed by atoms with Crippen LogP contribution >= 0.6 is 0 Å². The first-order valence-corrected chi connectivity index (χ1v) is 12.2. The van der Waals surface area contributed by atoms with Gasteiger partial charge in [-0.25, -0.2) is 0 Å². The van der Waals surface area contributed by atoms with Crippen LogP contribution in [0.5, 0.6) is 0 Å². The van der Waals surface area contributed by atoms with Crippen LogP contribution in [0.1, 0.15) is 0 Å². The Bertz CT molecular complexity index is 34.5. The molecule has 0 spiro atoms. The van der Waals surface area contributed by atoms with Gasteiger partial charge < -0.3 is 24.8 Å². The zero-order valence-electron chi connectivity index (χ0n) is 3.96. The van der Waals surface area contributed by atoms with Crippen LogP contribution in [0.3, 0.4) is 0 Å². The summed E-state index contributed by atoms with van der Waals surface area (Å²) in [5, 5.41) is 0. The molecule has 0 aromatic heterocycles. The zero-order valence-corrected chi connectivity index (χ0v) is 9.35. The average Bonchev–Trinajstić information content (AvgIpc) is 0.811. The van der Waals surface area contributed by atoms with Gasteiger partial charge in [0.2, 0.25) is 0 Å². The molecule has 0 aromatic carbocycles. The van der Waals surface area contributed by atoms with Crippen LogP contribution in [-0.4, -0.2) is 6.88 Å². The van der Waals surface area contributed by atoms with Crippen LogP contribution < -0.4 is 24.8 Å². The molecule has 0 radical (unpaired) electrons. The van der Waals surface area contributed by atoms with Gasteiger partial charge in [0.25, 0.3) is 0 Å². The molecular formula is C2H8Cl2SiZr-2. The Balaban J connectivity index is -0.0000000450. The maximum atomic E-state index is 2.38. The molecule has 6 heavy (non-hydrogen) atoms. The van der Waals surface area contributed by atoms with Crippen molar-refractivity contribution in [3.63, 3.8) is 0 Å². The fourth-order valence-electron chi connectivity index (χ4n) is 0. The van der Waals surface area contributed by atoms with Crippen molar-refractivity contribution in [1.29, 1.82) is 0 Å². The minimum absolute atomic E-state index is 0. The second kappa shape index (κ2) is 9.84. The maximum absolute atomic E-state index is 2.38. The van der Waals surface area contributed by atoms with Crippen molar-refractivity contribution in [2.45, 2.75) is 9.26 Å². The predicted molar refractivity (Wildman–Crippen MR) is 20.3 cm³/mol. The molecule has 0 saturated carbocycles. The van der Waals surface area contributed by atoms with Crippen LogP contribution in [-0.2, 0) is 20.4 Å². The largest absolute Gasteiger partial charge is 1.00 e. The first-order valence-electron chi connectivity index (χ1n) is 1.35. The second-order valence-electron chi connectivity index (χ2n) is 1.21. The van der Waals surface area contributed by atoms with E-state index in [1.54, 1.807) is 0 Å². The molecule has 0 unspecified atom stereocenters. The molecule has 0 fully saturated rings. The van der Waals surface area contributed by atoms with E-state index in [9.17, 15) is 0 Å². The Labute approximate surface area is 60.9 Å². The van der Waals surface area contributed by atoms with Gasteiger partial charge in [-0.1, -0.05) is 0 Å². The summed E-state index contributed by atoms with van der Waals surface area (Å²) in [4.78, 5) is 0. The quantitative estimate of drug-likeness (QED) is 0.358. The fraction of sp³-hybridized carbons (Fsp3) is 1.00. The van der Waals surface area contributed by atoms with E-state index in [1.165, 1.54) is 0 Å². The molecule has 0 atom stereocenters. The Hall–Kier alpha value is 1.68. The fourth-order valence-corrected chi connectivity index (χ4v) is 0. The van der Waals surface area contributed by atoms with Crippen LogP contribution in [0.4, 0.5) is 0 Å². The third kappa shape index (κ3) is 44.1. The molecule has 0 rings (SSSR count). The maximum Gasteiger partial charge on any atom is -1.00 e. The molecule has 0 bridgehead atoms. The van der Waals surface area contributed by atoms with Crippen LogP contribution in [0.15, 0.2) is 0 Å². The standard InChI is InChI=1S/2CH3.2ClH.H2Si.Zr/h2*1H3;2*1H;1H2;/p-2. The number of halogens is 2. The van der Waals surface area contributed by atoms with Gasteiger partial charge in [0.1, 0.15) is 0 Å². The van der Waals surface area contributed by atoms with Crippen molar-refractivity contribution < 1.29 is 45.2 Å². The predicted octanol–water partition coefficient (Wildman–Crippen LogP) is -5.74. The molecule has 0 N–H and O–H groups in total. The Morgan fingerprint density at radius 3 is 1.17 bits per heavy atom. The zero-order chi connectivity index (χ0) is 3.58. The number of hydrogen-bond acceptors (Lipinski definition) is 0. The van der Waals surface area contributed by atoms with Gasteiger partial charge in [0.15, 0.2) is 0 Å². The molecule has 0 aliphatic carbocycles. The van der Waals surface area contributed by atoms with Gasteiger partial charge in [-0.15, -0.1) is 0 Å². The number of hydrogen-bond donors (Lipinski definition) is 0. The Morgan fingerprint density at radius 2 is 1.17 bits per heavy atom. The smallest absolute Gasteiger partial charge is 1.00 e. The Morgan fingerprint density at radius 1 is 1.17 bits per heavy atom. The van der Waals surface area contributed by atoms with Crippen LogP contribution in [0.25, 0.3) is 0 Å². The molecule has 0 nitrogen and oxygen atoms in total. The summed E-state index contributed by atoms with van der Waals surface area (Å²) in [6, 6.07) is 0. The topological polar surface area (TPSA) is 0 Å². The van der Waals surface area contributed by atoms with Crippen LogP contribution in [0.2, 0.25) is 9.26 Å². The van der Waals surface area contributed by atoms with Gasteiger partial charge in [0, 0.05) is 0 Å². The average molecular weight is 222 g/mol. The van der Waals surface area contributed by atoms with Crippen molar-refractivity contribution in [2.24, 2.45) is 0 Å². The SMILES string of the molecule is [CH3][Zr]([CH3])=[SiH2].[Cl-].[Cl-]. The summed E-state index contributed by atoms with van der Waals surface area (Å²) < 4.78 is 4.75.